The summed E-state index contributed by atoms with van der Waals surface area (Å²) < 4.78 is 6.25. The normalized spacial score (nSPS) is 44.5. The Morgan fingerprint density at radius 2 is 1.46 bits per heavy atom. The third-order valence-electron chi connectivity index (χ3n) is 14.4. The van der Waals surface area contributed by atoms with Crippen molar-refractivity contribution < 1.29 is 9.53 Å². The number of benzene rings is 1. The van der Waals surface area contributed by atoms with Crippen LogP contribution in [0.3, 0.4) is 0 Å². The van der Waals surface area contributed by atoms with Gasteiger partial charge in [-0.05, 0) is 121 Å². The van der Waals surface area contributed by atoms with Crippen molar-refractivity contribution >= 4 is 12.0 Å². The summed E-state index contributed by atoms with van der Waals surface area (Å²) in [5, 5.41) is 0. The molecule has 0 amide bonds. The summed E-state index contributed by atoms with van der Waals surface area (Å²) in [7, 11) is 0. The Bertz CT molecular complexity index is 1240. The number of rotatable bonds is 3. The first-order chi connectivity index (χ1) is 19.1. The van der Waals surface area contributed by atoms with Crippen LogP contribution in [0.15, 0.2) is 48.1 Å². The van der Waals surface area contributed by atoms with Crippen molar-refractivity contribution in [3.8, 4) is 0 Å². The molecule has 0 bridgehead atoms. The largest absolute Gasteiger partial charge is 0.459 e. The molecule has 6 rings (SSSR count). The van der Waals surface area contributed by atoms with Gasteiger partial charge in [0, 0.05) is 11.5 Å². The molecule has 0 N–H and O–H groups in total. The number of hydrogen-bond donors (Lipinski definition) is 0. The average molecular weight is 557 g/mol. The van der Waals surface area contributed by atoms with E-state index in [9.17, 15) is 4.79 Å². The molecule has 4 saturated carbocycles. The van der Waals surface area contributed by atoms with Gasteiger partial charge in [0.1, 0.15) is 6.10 Å². The lowest BCUT2D eigenvalue weighted by molar-refractivity contribution is -0.232. The first kappa shape index (κ1) is 29.3. The lowest BCUT2D eigenvalue weighted by atomic mass is 9.32. The maximum absolute atomic E-state index is 13.0. The zero-order valence-electron chi connectivity index (χ0n) is 27.3. The van der Waals surface area contributed by atoms with Crippen LogP contribution < -0.4 is 0 Å². The molecule has 8 unspecified atom stereocenters. The number of carbonyl (C=O) groups excluding carboxylic acids is 1. The van der Waals surface area contributed by atoms with Gasteiger partial charge in [-0.3, -0.25) is 0 Å². The van der Waals surface area contributed by atoms with Gasteiger partial charge in [0.2, 0.25) is 0 Å². The molecule has 0 aromatic heterocycles. The highest BCUT2D eigenvalue weighted by Gasteiger charge is 2.69. The van der Waals surface area contributed by atoms with Gasteiger partial charge in [-0.1, -0.05) is 97.4 Å². The molecule has 1 aromatic carbocycles. The molecule has 224 valence electrons. The van der Waals surface area contributed by atoms with Gasteiger partial charge in [-0.15, -0.1) is 0 Å². The summed E-state index contributed by atoms with van der Waals surface area (Å²) in [5.41, 5.74) is 4.65. The molecule has 0 radical (unpaired) electrons. The fraction of sp³-hybridized carbons (Fsp3) is 0.718. The summed E-state index contributed by atoms with van der Waals surface area (Å²) in [4.78, 5) is 13.0. The zero-order chi connectivity index (χ0) is 29.5. The topological polar surface area (TPSA) is 26.3 Å². The van der Waals surface area contributed by atoms with Crippen molar-refractivity contribution in [1.29, 1.82) is 0 Å². The molecular weight excluding hydrogens is 500 g/mol. The number of esters is 1. The van der Waals surface area contributed by atoms with E-state index in [1.54, 1.807) is 6.08 Å². The van der Waals surface area contributed by atoms with Crippen molar-refractivity contribution in [2.45, 2.75) is 126 Å². The van der Waals surface area contributed by atoms with Crippen molar-refractivity contribution in [3.05, 3.63) is 53.6 Å². The van der Waals surface area contributed by atoms with Gasteiger partial charge in [-0.2, -0.15) is 0 Å². The van der Waals surface area contributed by atoms with Gasteiger partial charge in [0.25, 0.3) is 0 Å². The smallest absolute Gasteiger partial charge is 0.331 e. The van der Waals surface area contributed by atoms with Gasteiger partial charge < -0.3 is 4.74 Å². The summed E-state index contributed by atoms with van der Waals surface area (Å²) in [6.07, 6.45) is 19.1. The second-order valence-corrected chi connectivity index (χ2v) is 17.3. The highest BCUT2D eigenvalue weighted by atomic mass is 16.5. The van der Waals surface area contributed by atoms with Crippen LogP contribution in [-0.4, -0.2) is 12.1 Å². The predicted molar refractivity (Wildman–Crippen MR) is 170 cm³/mol. The number of allylic oxidation sites excluding steroid dienone is 2. The minimum absolute atomic E-state index is 0.0187. The Kier molecular flexibility index (Phi) is 6.84. The molecule has 0 heterocycles. The second kappa shape index (κ2) is 9.59. The Morgan fingerprint density at radius 1 is 0.756 bits per heavy atom. The summed E-state index contributed by atoms with van der Waals surface area (Å²) in [5.74, 6) is 1.87. The highest BCUT2D eigenvalue weighted by molar-refractivity contribution is 5.87. The molecule has 0 saturated heterocycles. The van der Waals surface area contributed by atoms with E-state index in [-0.39, 0.29) is 17.5 Å². The Balaban J connectivity index is 1.24. The third-order valence-corrected chi connectivity index (χ3v) is 14.4. The minimum atomic E-state index is -0.196. The first-order valence-electron chi connectivity index (χ1n) is 16.8. The van der Waals surface area contributed by atoms with Crippen molar-refractivity contribution in [2.75, 3.05) is 0 Å². The molecule has 1 aromatic rings. The monoisotopic (exact) mass is 556 g/mol. The van der Waals surface area contributed by atoms with E-state index in [0.29, 0.717) is 33.0 Å². The molecular formula is C39H56O2. The molecule has 0 aliphatic heterocycles. The number of carbonyl (C=O) groups is 1. The summed E-state index contributed by atoms with van der Waals surface area (Å²) in [6, 6.07) is 10.0. The van der Waals surface area contributed by atoms with Crippen LogP contribution in [0.4, 0.5) is 0 Å². The molecule has 5 aliphatic rings. The summed E-state index contributed by atoms with van der Waals surface area (Å²) in [6.45, 7) is 20.4. The maximum Gasteiger partial charge on any atom is 0.331 e. The number of ether oxygens (including phenoxy) is 1. The molecule has 2 nitrogen and oxygen atoms in total. The van der Waals surface area contributed by atoms with Crippen LogP contribution >= 0.6 is 0 Å². The average Bonchev–Trinajstić information content (AvgIpc) is 2.91. The van der Waals surface area contributed by atoms with Crippen molar-refractivity contribution in [1.82, 2.24) is 0 Å². The van der Waals surface area contributed by atoms with Crippen LogP contribution in [0.1, 0.15) is 125 Å². The molecule has 8 atom stereocenters. The highest BCUT2D eigenvalue weighted by Crippen LogP contribution is 2.76. The van der Waals surface area contributed by atoms with E-state index >= 15 is 0 Å². The summed E-state index contributed by atoms with van der Waals surface area (Å²) >= 11 is 0. The van der Waals surface area contributed by atoms with Gasteiger partial charge in [-0.25, -0.2) is 4.79 Å². The molecule has 5 aliphatic carbocycles. The van der Waals surface area contributed by atoms with E-state index in [2.05, 4.69) is 61.5 Å². The first-order valence-corrected chi connectivity index (χ1v) is 16.8. The van der Waals surface area contributed by atoms with Crippen molar-refractivity contribution in [2.24, 2.45) is 50.2 Å². The van der Waals surface area contributed by atoms with Crippen LogP contribution in [0.25, 0.3) is 6.08 Å². The van der Waals surface area contributed by atoms with Crippen LogP contribution in [0.5, 0.6) is 0 Å². The lowest BCUT2D eigenvalue weighted by Gasteiger charge is -2.72. The van der Waals surface area contributed by atoms with Crippen LogP contribution in [0, 0.1) is 50.2 Å². The Morgan fingerprint density at radius 3 is 2.20 bits per heavy atom. The molecule has 0 spiro atoms. The van der Waals surface area contributed by atoms with Crippen LogP contribution in [0.2, 0.25) is 0 Å². The third kappa shape index (κ3) is 4.43. The number of fused-ring (bicyclic) bond motifs is 7. The Hall–Kier alpha value is -1.83. The van der Waals surface area contributed by atoms with E-state index in [0.717, 1.165) is 23.8 Å². The fourth-order valence-electron chi connectivity index (χ4n) is 11.7. The lowest BCUT2D eigenvalue weighted by Crippen LogP contribution is -2.66. The quantitative estimate of drug-likeness (QED) is 0.210. The van der Waals surface area contributed by atoms with Gasteiger partial charge >= 0.3 is 5.97 Å². The predicted octanol–water partition coefficient (Wildman–Crippen LogP) is 10.4. The molecule has 4 fully saturated rings. The van der Waals surface area contributed by atoms with E-state index in [1.165, 1.54) is 57.8 Å². The molecule has 2 heteroatoms. The fourth-order valence-corrected chi connectivity index (χ4v) is 11.7. The zero-order valence-corrected chi connectivity index (χ0v) is 27.3. The Labute approximate surface area is 250 Å². The van der Waals surface area contributed by atoms with E-state index in [4.69, 9.17) is 4.74 Å². The maximum atomic E-state index is 13.0. The van der Waals surface area contributed by atoms with E-state index < -0.39 is 0 Å². The molecule has 41 heavy (non-hydrogen) atoms. The number of hydrogen-bond acceptors (Lipinski definition) is 2. The van der Waals surface area contributed by atoms with Crippen molar-refractivity contribution in [3.63, 3.8) is 0 Å². The second-order valence-electron chi connectivity index (χ2n) is 17.3. The standard InChI is InChI=1S/C39H56O2/c1-34(2)22-23-36(5)24-25-38(7)28(29(36)26-34)15-16-31-37(6)20-19-32(35(3,4)30(37)18-21-39(31,38)8)41-33(40)17-14-27-12-10-9-11-13-27/h9-14,17,26,28,30-32H,15-16,18-25H2,1-8H3/b17-14+. The minimum Gasteiger partial charge on any atom is -0.459 e. The van der Waals surface area contributed by atoms with Gasteiger partial charge in [0.05, 0.1) is 0 Å². The van der Waals surface area contributed by atoms with Gasteiger partial charge in [0.15, 0.2) is 0 Å². The van der Waals surface area contributed by atoms with E-state index in [1.807, 2.05) is 42.0 Å². The van der Waals surface area contributed by atoms with Crippen LogP contribution in [-0.2, 0) is 9.53 Å². The SMILES string of the molecule is CC1(C)C=C2C3CCC4C5(C)CCC(OC(=O)/C=C/c6ccccc6)C(C)(C)C5CCC4(C)C3(C)CCC2(C)CC1.